The number of rotatable bonds is 1. The highest BCUT2D eigenvalue weighted by atomic mass is 16.3. The van der Waals surface area contributed by atoms with Crippen molar-refractivity contribution in [2.45, 2.75) is 39.4 Å². The highest BCUT2D eigenvalue weighted by molar-refractivity contribution is 5.13. The third-order valence-corrected chi connectivity index (χ3v) is 2.75. The van der Waals surface area contributed by atoms with Crippen LogP contribution in [-0.2, 0) is 0 Å². The Morgan fingerprint density at radius 2 is 2.00 bits per heavy atom. The lowest BCUT2D eigenvalue weighted by molar-refractivity contribution is 0.0607. The maximum atomic E-state index is 9.64. The Bertz CT molecular complexity index is 184. The molecule has 0 radical (unpaired) electrons. The van der Waals surface area contributed by atoms with Gasteiger partial charge in [0.25, 0.3) is 0 Å². The zero-order chi connectivity index (χ0) is 9.30. The van der Waals surface area contributed by atoms with Gasteiger partial charge in [-0.1, -0.05) is 19.9 Å². The van der Waals surface area contributed by atoms with Crippen LogP contribution in [0.15, 0.2) is 11.6 Å². The van der Waals surface area contributed by atoms with E-state index in [1.165, 1.54) is 0 Å². The van der Waals surface area contributed by atoms with E-state index in [1.807, 2.05) is 6.92 Å². The Labute approximate surface area is 73.9 Å². The second kappa shape index (κ2) is 3.58. The summed E-state index contributed by atoms with van der Waals surface area (Å²) >= 11 is 0. The van der Waals surface area contributed by atoms with Crippen molar-refractivity contribution in [2.75, 3.05) is 0 Å². The Morgan fingerprint density at radius 3 is 2.50 bits per heavy atom. The fourth-order valence-corrected chi connectivity index (χ4v) is 1.75. The summed E-state index contributed by atoms with van der Waals surface area (Å²) in [6, 6.07) is 0. The van der Waals surface area contributed by atoms with E-state index in [1.54, 1.807) is 6.08 Å². The molecule has 0 saturated carbocycles. The maximum absolute atomic E-state index is 9.64. The largest absolute Gasteiger partial charge is 0.389 e. The molecule has 0 bridgehead atoms. The first-order valence-electron chi connectivity index (χ1n) is 4.56. The van der Waals surface area contributed by atoms with Crippen molar-refractivity contribution in [3.8, 4) is 0 Å². The van der Waals surface area contributed by atoms with Crippen LogP contribution in [0.4, 0.5) is 0 Å². The normalized spacial score (nSPS) is 36.8. The van der Waals surface area contributed by atoms with Gasteiger partial charge in [0.05, 0.1) is 12.2 Å². The smallest absolute Gasteiger partial charge is 0.0756 e. The summed E-state index contributed by atoms with van der Waals surface area (Å²) < 4.78 is 0. The van der Waals surface area contributed by atoms with Crippen LogP contribution in [0, 0.1) is 11.8 Å². The molecular weight excluding hydrogens is 152 g/mol. The molecular formula is C10H18O2. The predicted octanol–water partition coefficient (Wildman–Crippen LogP) is 1.33. The van der Waals surface area contributed by atoms with Crippen molar-refractivity contribution in [3.63, 3.8) is 0 Å². The zero-order valence-electron chi connectivity index (χ0n) is 7.99. The molecule has 3 unspecified atom stereocenters. The van der Waals surface area contributed by atoms with Gasteiger partial charge in [0.15, 0.2) is 0 Å². The Kier molecular flexibility index (Phi) is 2.91. The molecule has 2 N–H and O–H groups in total. The zero-order valence-corrected chi connectivity index (χ0v) is 7.99. The van der Waals surface area contributed by atoms with Gasteiger partial charge in [-0.15, -0.1) is 0 Å². The summed E-state index contributed by atoms with van der Waals surface area (Å²) in [5.41, 5.74) is 0.902. The monoisotopic (exact) mass is 170 g/mol. The fraction of sp³-hybridized carbons (Fsp3) is 0.800. The quantitative estimate of drug-likeness (QED) is 0.583. The van der Waals surface area contributed by atoms with E-state index < -0.39 is 0 Å². The number of aliphatic hydroxyl groups excluding tert-OH is 2. The van der Waals surface area contributed by atoms with E-state index in [0.717, 1.165) is 5.57 Å². The third kappa shape index (κ3) is 1.87. The first-order valence-corrected chi connectivity index (χ1v) is 4.56. The molecule has 12 heavy (non-hydrogen) atoms. The topological polar surface area (TPSA) is 40.5 Å². The van der Waals surface area contributed by atoms with Crippen molar-refractivity contribution in [1.29, 1.82) is 0 Å². The summed E-state index contributed by atoms with van der Waals surface area (Å²) in [5.74, 6) is 0.641. The lowest BCUT2D eigenvalue weighted by Crippen LogP contribution is -2.33. The van der Waals surface area contributed by atoms with Crippen LogP contribution < -0.4 is 0 Å². The van der Waals surface area contributed by atoms with E-state index in [4.69, 9.17) is 0 Å². The fourth-order valence-electron chi connectivity index (χ4n) is 1.75. The minimum atomic E-state index is -0.367. The van der Waals surface area contributed by atoms with Gasteiger partial charge in [0.2, 0.25) is 0 Å². The Balaban J connectivity index is 2.72. The molecule has 1 rings (SSSR count). The van der Waals surface area contributed by atoms with Crippen LogP contribution in [0.25, 0.3) is 0 Å². The van der Waals surface area contributed by atoms with E-state index >= 15 is 0 Å². The summed E-state index contributed by atoms with van der Waals surface area (Å²) in [7, 11) is 0. The maximum Gasteiger partial charge on any atom is 0.0756 e. The van der Waals surface area contributed by atoms with E-state index in [-0.39, 0.29) is 18.1 Å². The van der Waals surface area contributed by atoms with Crippen molar-refractivity contribution < 1.29 is 10.2 Å². The minimum absolute atomic E-state index is 0.212. The molecule has 3 atom stereocenters. The second-order valence-electron chi connectivity index (χ2n) is 4.06. The van der Waals surface area contributed by atoms with Gasteiger partial charge in [0, 0.05) is 0 Å². The molecule has 0 fully saturated rings. The van der Waals surface area contributed by atoms with Gasteiger partial charge < -0.3 is 10.2 Å². The van der Waals surface area contributed by atoms with Crippen LogP contribution in [-0.4, -0.2) is 22.4 Å². The molecule has 2 heteroatoms. The first-order chi connectivity index (χ1) is 5.52. The van der Waals surface area contributed by atoms with Gasteiger partial charge >= 0.3 is 0 Å². The molecule has 0 aliphatic heterocycles. The molecule has 1 aliphatic carbocycles. The molecule has 0 aromatic carbocycles. The highest BCUT2D eigenvalue weighted by Gasteiger charge is 2.28. The van der Waals surface area contributed by atoms with Crippen LogP contribution >= 0.6 is 0 Å². The molecule has 0 aromatic heterocycles. The molecule has 2 nitrogen and oxygen atoms in total. The van der Waals surface area contributed by atoms with Gasteiger partial charge in [0.1, 0.15) is 0 Å². The molecule has 0 aromatic rings. The first kappa shape index (κ1) is 9.75. The standard InChI is InChI=1S/C10H18O2/c1-6(2)8-5-9(11)7(3)4-10(8)12/h4,6,8-12H,5H2,1-3H3. The average molecular weight is 170 g/mol. The Morgan fingerprint density at radius 1 is 1.42 bits per heavy atom. The van der Waals surface area contributed by atoms with Crippen LogP contribution in [0.3, 0.4) is 0 Å². The third-order valence-electron chi connectivity index (χ3n) is 2.75. The summed E-state index contributed by atoms with van der Waals surface area (Å²) in [6.45, 7) is 6.02. The molecule has 70 valence electrons. The highest BCUT2D eigenvalue weighted by Crippen LogP contribution is 2.29. The average Bonchev–Trinajstić information content (AvgIpc) is 1.96. The minimum Gasteiger partial charge on any atom is -0.389 e. The lowest BCUT2D eigenvalue weighted by atomic mass is 9.79. The summed E-state index contributed by atoms with van der Waals surface area (Å²) in [6.07, 6.45) is 1.76. The molecule has 0 heterocycles. The summed E-state index contributed by atoms with van der Waals surface area (Å²) in [5, 5.41) is 19.2. The van der Waals surface area contributed by atoms with E-state index in [9.17, 15) is 10.2 Å². The van der Waals surface area contributed by atoms with Crippen LogP contribution in [0.1, 0.15) is 27.2 Å². The predicted molar refractivity (Wildman–Crippen MR) is 48.7 cm³/mol. The van der Waals surface area contributed by atoms with E-state index in [0.29, 0.717) is 12.3 Å². The molecule has 1 aliphatic rings. The Hall–Kier alpha value is -0.340. The molecule has 0 saturated heterocycles. The van der Waals surface area contributed by atoms with Crippen molar-refractivity contribution >= 4 is 0 Å². The van der Waals surface area contributed by atoms with Gasteiger partial charge in [-0.2, -0.15) is 0 Å². The van der Waals surface area contributed by atoms with Gasteiger partial charge in [-0.25, -0.2) is 0 Å². The molecule has 0 amide bonds. The van der Waals surface area contributed by atoms with Crippen LogP contribution in [0.2, 0.25) is 0 Å². The second-order valence-corrected chi connectivity index (χ2v) is 4.06. The SMILES string of the molecule is CC1=CC(O)C(C(C)C)CC1O. The van der Waals surface area contributed by atoms with E-state index in [2.05, 4.69) is 13.8 Å². The lowest BCUT2D eigenvalue weighted by Gasteiger charge is -2.31. The van der Waals surface area contributed by atoms with Gasteiger partial charge in [-0.05, 0) is 30.8 Å². The number of aliphatic hydroxyl groups is 2. The van der Waals surface area contributed by atoms with Gasteiger partial charge in [-0.3, -0.25) is 0 Å². The number of hydrogen-bond acceptors (Lipinski definition) is 2. The van der Waals surface area contributed by atoms with Crippen molar-refractivity contribution in [3.05, 3.63) is 11.6 Å². The van der Waals surface area contributed by atoms with Crippen LogP contribution in [0.5, 0.6) is 0 Å². The van der Waals surface area contributed by atoms with Crippen molar-refractivity contribution in [1.82, 2.24) is 0 Å². The number of hydrogen-bond donors (Lipinski definition) is 2. The van der Waals surface area contributed by atoms with Crippen molar-refractivity contribution in [2.24, 2.45) is 11.8 Å². The summed E-state index contributed by atoms with van der Waals surface area (Å²) in [4.78, 5) is 0. The molecule has 0 spiro atoms.